The van der Waals surface area contributed by atoms with Crippen LogP contribution in [0, 0.1) is 0 Å². The van der Waals surface area contributed by atoms with Gasteiger partial charge in [-0.2, -0.15) is 0 Å². The minimum Gasteiger partial charge on any atom is -0.469 e. The molecule has 0 radical (unpaired) electrons. The summed E-state index contributed by atoms with van der Waals surface area (Å²) in [5.74, 6) is 0.944. The van der Waals surface area contributed by atoms with E-state index in [1.54, 1.807) is 17.1 Å². The summed E-state index contributed by atoms with van der Waals surface area (Å²) in [6, 6.07) is 13.6. The molecule has 1 atom stereocenters. The molecule has 0 aliphatic heterocycles. The Bertz CT molecular complexity index is 646. The maximum absolute atomic E-state index is 6.25. The molecule has 0 bridgehead atoms. The van der Waals surface area contributed by atoms with Crippen LogP contribution in [0.15, 0.2) is 59.3 Å². The molecule has 0 saturated carbocycles. The summed E-state index contributed by atoms with van der Waals surface area (Å²) in [6.07, 6.45) is 4.98. The number of rotatable bonds is 5. The summed E-state index contributed by atoms with van der Waals surface area (Å²) in [6.45, 7) is 0. The van der Waals surface area contributed by atoms with Crippen molar-refractivity contribution < 1.29 is 4.42 Å². The van der Waals surface area contributed by atoms with Crippen molar-refractivity contribution in [3.8, 4) is 5.69 Å². The average molecular weight is 268 g/mol. The molecule has 5 nitrogen and oxygen atoms in total. The number of benzene rings is 1. The van der Waals surface area contributed by atoms with Crippen LogP contribution in [0.2, 0.25) is 0 Å². The molecule has 3 aromatic rings. The maximum atomic E-state index is 6.25. The van der Waals surface area contributed by atoms with E-state index in [-0.39, 0.29) is 6.04 Å². The molecule has 3 rings (SSSR count). The van der Waals surface area contributed by atoms with E-state index >= 15 is 0 Å². The van der Waals surface area contributed by atoms with E-state index in [9.17, 15) is 0 Å². The van der Waals surface area contributed by atoms with E-state index in [0.29, 0.717) is 0 Å². The largest absolute Gasteiger partial charge is 0.469 e. The molecule has 0 fully saturated rings. The van der Waals surface area contributed by atoms with Gasteiger partial charge in [-0.05, 0) is 30.7 Å². The number of hydrogen-bond acceptors (Lipinski definition) is 4. The highest BCUT2D eigenvalue weighted by Crippen LogP contribution is 2.19. The van der Waals surface area contributed by atoms with Gasteiger partial charge in [-0.1, -0.05) is 23.4 Å². The number of furan rings is 1. The molecule has 0 aliphatic rings. The van der Waals surface area contributed by atoms with E-state index in [1.165, 1.54) is 0 Å². The molecule has 0 spiro atoms. The lowest BCUT2D eigenvalue weighted by molar-refractivity contribution is 0.484. The highest BCUT2D eigenvalue weighted by molar-refractivity contribution is 5.32. The average Bonchev–Trinajstić information content (AvgIpc) is 3.17. The molecular weight excluding hydrogens is 252 g/mol. The summed E-state index contributed by atoms with van der Waals surface area (Å²) in [5.41, 5.74) is 8.12. The topological polar surface area (TPSA) is 69.9 Å². The Labute approximate surface area is 117 Å². The van der Waals surface area contributed by atoms with Crippen LogP contribution in [0.3, 0.4) is 0 Å². The van der Waals surface area contributed by atoms with Crippen LogP contribution >= 0.6 is 0 Å². The van der Waals surface area contributed by atoms with Crippen LogP contribution in [0.1, 0.15) is 23.9 Å². The molecule has 0 saturated heterocycles. The zero-order chi connectivity index (χ0) is 13.8. The number of para-hydroxylation sites is 1. The van der Waals surface area contributed by atoms with Gasteiger partial charge in [-0.3, -0.25) is 0 Å². The fourth-order valence-corrected chi connectivity index (χ4v) is 2.17. The van der Waals surface area contributed by atoms with Crippen molar-refractivity contribution in [3.63, 3.8) is 0 Å². The SMILES string of the molecule is NC(CCc1ccco1)c1cnnn1-c1ccccc1. The van der Waals surface area contributed by atoms with Crippen LogP contribution < -0.4 is 5.73 Å². The molecule has 102 valence electrons. The molecule has 5 heteroatoms. The highest BCUT2D eigenvalue weighted by atomic mass is 16.3. The Balaban J connectivity index is 1.75. The van der Waals surface area contributed by atoms with Crippen LogP contribution in [0.5, 0.6) is 0 Å². The Hall–Kier alpha value is -2.40. The molecule has 2 aromatic heterocycles. The third-order valence-corrected chi connectivity index (χ3v) is 3.24. The molecule has 2 heterocycles. The Morgan fingerprint density at radius 1 is 1.15 bits per heavy atom. The first kappa shape index (κ1) is 12.6. The van der Waals surface area contributed by atoms with Gasteiger partial charge >= 0.3 is 0 Å². The van der Waals surface area contributed by atoms with Crippen molar-refractivity contribution in [1.29, 1.82) is 0 Å². The lowest BCUT2D eigenvalue weighted by Gasteiger charge is -2.12. The second-order valence-electron chi connectivity index (χ2n) is 4.63. The third kappa shape index (κ3) is 2.62. The number of aryl methyl sites for hydroxylation is 1. The van der Waals surface area contributed by atoms with Crippen LogP contribution in [0.4, 0.5) is 0 Å². The summed E-state index contributed by atoms with van der Waals surface area (Å²) >= 11 is 0. The van der Waals surface area contributed by atoms with Crippen molar-refractivity contribution in [3.05, 3.63) is 66.4 Å². The van der Waals surface area contributed by atoms with Gasteiger partial charge in [0.25, 0.3) is 0 Å². The quantitative estimate of drug-likeness (QED) is 0.771. The monoisotopic (exact) mass is 268 g/mol. The van der Waals surface area contributed by atoms with Crippen molar-refractivity contribution >= 4 is 0 Å². The van der Waals surface area contributed by atoms with Gasteiger partial charge in [-0.15, -0.1) is 5.10 Å². The minimum absolute atomic E-state index is 0.129. The number of hydrogen-bond donors (Lipinski definition) is 1. The van der Waals surface area contributed by atoms with E-state index in [0.717, 1.165) is 30.0 Å². The van der Waals surface area contributed by atoms with Crippen molar-refractivity contribution in [2.45, 2.75) is 18.9 Å². The zero-order valence-corrected chi connectivity index (χ0v) is 11.0. The highest BCUT2D eigenvalue weighted by Gasteiger charge is 2.14. The van der Waals surface area contributed by atoms with E-state index in [1.807, 2.05) is 42.5 Å². The Kier molecular flexibility index (Phi) is 3.60. The Morgan fingerprint density at radius 2 is 2.00 bits per heavy atom. The van der Waals surface area contributed by atoms with E-state index < -0.39 is 0 Å². The van der Waals surface area contributed by atoms with Gasteiger partial charge in [-0.25, -0.2) is 4.68 Å². The number of aromatic nitrogens is 3. The predicted octanol–water partition coefficient (Wildman–Crippen LogP) is 2.49. The number of nitrogens with zero attached hydrogens (tertiary/aromatic N) is 3. The van der Waals surface area contributed by atoms with Crippen LogP contribution in [-0.2, 0) is 6.42 Å². The normalized spacial score (nSPS) is 12.4. The molecule has 20 heavy (non-hydrogen) atoms. The van der Waals surface area contributed by atoms with Crippen molar-refractivity contribution in [1.82, 2.24) is 15.0 Å². The first-order valence-corrected chi connectivity index (χ1v) is 6.58. The lowest BCUT2D eigenvalue weighted by atomic mass is 10.1. The van der Waals surface area contributed by atoms with Gasteiger partial charge in [0.2, 0.25) is 0 Å². The molecule has 0 amide bonds. The summed E-state index contributed by atoms with van der Waals surface area (Å²) < 4.78 is 7.11. The van der Waals surface area contributed by atoms with Crippen LogP contribution in [0.25, 0.3) is 5.69 Å². The van der Waals surface area contributed by atoms with Gasteiger partial charge in [0.05, 0.1) is 23.8 Å². The first-order chi connectivity index (χ1) is 9.84. The molecule has 1 aromatic carbocycles. The predicted molar refractivity (Wildman–Crippen MR) is 75.3 cm³/mol. The third-order valence-electron chi connectivity index (χ3n) is 3.24. The molecule has 2 N–H and O–H groups in total. The van der Waals surface area contributed by atoms with Gasteiger partial charge in [0.15, 0.2) is 0 Å². The molecule has 1 unspecified atom stereocenters. The van der Waals surface area contributed by atoms with Crippen molar-refractivity contribution in [2.24, 2.45) is 5.73 Å². The minimum atomic E-state index is -0.129. The second-order valence-corrected chi connectivity index (χ2v) is 4.63. The summed E-state index contributed by atoms with van der Waals surface area (Å²) in [5, 5.41) is 8.09. The fourth-order valence-electron chi connectivity index (χ4n) is 2.17. The molecule has 0 aliphatic carbocycles. The Morgan fingerprint density at radius 3 is 2.75 bits per heavy atom. The molecular formula is C15H16N4O. The fraction of sp³-hybridized carbons (Fsp3) is 0.200. The van der Waals surface area contributed by atoms with Gasteiger partial charge < -0.3 is 10.2 Å². The zero-order valence-electron chi connectivity index (χ0n) is 11.0. The maximum Gasteiger partial charge on any atom is 0.103 e. The van der Waals surface area contributed by atoms with Gasteiger partial charge in [0.1, 0.15) is 5.76 Å². The first-order valence-electron chi connectivity index (χ1n) is 6.58. The summed E-state index contributed by atoms with van der Waals surface area (Å²) in [7, 11) is 0. The smallest absolute Gasteiger partial charge is 0.103 e. The van der Waals surface area contributed by atoms with Crippen molar-refractivity contribution in [2.75, 3.05) is 0 Å². The van der Waals surface area contributed by atoms with E-state index in [4.69, 9.17) is 10.2 Å². The second kappa shape index (κ2) is 5.71. The lowest BCUT2D eigenvalue weighted by Crippen LogP contribution is -2.16. The van der Waals surface area contributed by atoms with Crippen LogP contribution in [-0.4, -0.2) is 15.0 Å². The van der Waals surface area contributed by atoms with E-state index in [2.05, 4.69) is 10.3 Å². The number of nitrogens with two attached hydrogens (primary N) is 1. The van der Waals surface area contributed by atoms with Gasteiger partial charge in [0, 0.05) is 12.5 Å². The summed E-state index contributed by atoms with van der Waals surface area (Å²) in [4.78, 5) is 0. The standard InChI is InChI=1S/C15H16N4O/c16-14(9-8-13-7-4-10-20-13)15-11-17-18-19(15)12-5-2-1-3-6-12/h1-7,10-11,14H,8-9,16H2.